The standard InChI is InChI=1S/C19H19Cl4N3O/c20-14-6-5-13(16(22)11-14)12-25-7-2-8-26(10-9-25)19(27)24-17-4-1-3-15(21)18(17)23/h1,3-6,11H,2,7-10,12H2,(H,24,27). The van der Waals surface area contributed by atoms with Crippen molar-refractivity contribution in [1.82, 2.24) is 9.80 Å². The third-order valence-electron chi connectivity index (χ3n) is 4.48. The first-order chi connectivity index (χ1) is 12.9. The fraction of sp³-hybridized carbons (Fsp3) is 0.316. The van der Waals surface area contributed by atoms with Crippen molar-refractivity contribution in [3.8, 4) is 0 Å². The molecule has 1 saturated heterocycles. The molecule has 1 heterocycles. The van der Waals surface area contributed by atoms with Gasteiger partial charge in [-0.3, -0.25) is 4.90 Å². The lowest BCUT2D eigenvalue weighted by atomic mass is 10.2. The maximum absolute atomic E-state index is 12.6. The molecular weight excluding hydrogens is 428 g/mol. The lowest BCUT2D eigenvalue weighted by molar-refractivity contribution is 0.211. The fourth-order valence-electron chi connectivity index (χ4n) is 3.02. The highest BCUT2D eigenvalue weighted by Crippen LogP contribution is 2.29. The quantitative estimate of drug-likeness (QED) is 0.623. The number of nitrogens with zero attached hydrogens (tertiary/aromatic N) is 2. The first-order valence-corrected chi connectivity index (χ1v) is 10.1. The van der Waals surface area contributed by atoms with Gasteiger partial charge in [0.15, 0.2) is 0 Å². The Bertz CT molecular complexity index is 831. The highest BCUT2D eigenvalue weighted by Gasteiger charge is 2.20. The minimum absolute atomic E-state index is 0.175. The van der Waals surface area contributed by atoms with E-state index >= 15 is 0 Å². The van der Waals surface area contributed by atoms with Gasteiger partial charge in [-0.2, -0.15) is 0 Å². The zero-order valence-electron chi connectivity index (χ0n) is 14.5. The van der Waals surface area contributed by atoms with E-state index < -0.39 is 0 Å². The van der Waals surface area contributed by atoms with Crippen molar-refractivity contribution in [1.29, 1.82) is 0 Å². The first-order valence-electron chi connectivity index (χ1n) is 8.60. The van der Waals surface area contributed by atoms with Crippen molar-refractivity contribution in [2.45, 2.75) is 13.0 Å². The van der Waals surface area contributed by atoms with E-state index in [9.17, 15) is 4.79 Å². The summed E-state index contributed by atoms with van der Waals surface area (Å²) < 4.78 is 0. The summed E-state index contributed by atoms with van der Waals surface area (Å²) in [5.41, 5.74) is 1.55. The summed E-state index contributed by atoms with van der Waals surface area (Å²) in [6.07, 6.45) is 0.877. The molecule has 2 aromatic rings. The number of nitrogens with one attached hydrogen (secondary N) is 1. The average molecular weight is 447 g/mol. The molecule has 144 valence electrons. The molecule has 4 nitrogen and oxygen atoms in total. The van der Waals surface area contributed by atoms with Crippen LogP contribution in [0.1, 0.15) is 12.0 Å². The summed E-state index contributed by atoms with van der Waals surface area (Å²) >= 11 is 24.4. The summed E-state index contributed by atoms with van der Waals surface area (Å²) in [6.45, 7) is 3.67. The molecule has 1 N–H and O–H groups in total. The average Bonchev–Trinajstić information content (AvgIpc) is 2.87. The van der Waals surface area contributed by atoms with Crippen LogP contribution in [0.3, 0.4) is 0 Å². The van der Waals surface area contributed by atoms with Gasteiger partial charge in [0.25, 0.3) is 0 Å². The molecule has 0 bridgehead atoms. The molecule has 2 aromatic carbocycles. The Morgan fingerprint density at radius 3 is 2.56 bits per heavy atom. The Kier molecular flexibility index (Phi) is 7.12. The summed E-state index contributed by atoms with van der Waals surface area (Å²) in [7, 11) is 0. The van der Waals surface area contributed by atoms with E-state index in [-0.39, 0.29) is 6.03 Å². The number of carbonyl (C=O) groups excluding carboxylic acids is 1. The Morgan fingerprint density at radius 1 is 0.963 bits per heavy atom. The van der Waals surface area contributed by atoms with Crippen LogP contribution in [-0.4, -0.2) is 42.0 Å². The van der Waals surface area contributed by atoms with Crippen LogP contribution in [-0.2, 0) is 6.54 Å². The summed E-state index contributed by atoms with van der Waals surface area (Å²) in [5, 5.41) is 4.90. The van der Waals surface area contributed by atoms with Crippen molar-refractivity contribution in [2.24, 2.45) is 0 Å². The third kappa shape index (κ3) is 5.43. The second kappa shape index (κ2) is 9.35. The van der Waals surface area contributed by atoms with Crippen LogP contribution in [0.5, 0.6) is 0 Å². The van der Waals surface area contributed by atoms with Crippen LogP contribution < -0.4 is 5.32 Å². The van der Waals surface area contributed by atoms with E-state index in [1.165, 1.54) is 0 Å². The van der Waals surface area contributed by atoms with Crippen LogP contribution in [0.25, 0.3) is 0 Å². The minimum atomic E-state index is -0.175. The Balaban J connectivity index is 1.59. The number of urea groups is 1. The zero-order valence-corrected chi connectivity index (χ0v) is 17.5. The van der Waals surface area contributed by atoms with Crippen LogP contribution in [0.15, 0.2) is 36.4 Å². The van der Waals surface area contributed by atoms with Crippen molar-refractivity contribution in [3.63, 3.8) is 0 Å². The molecule has 1 fully saturated rings. The van der Waals surface area contributed by atoms with Gasteiger partial charge in [0.2, 0.25) is 0 Å². The molecular formula is C19H19Cl4N3O. The molecule has 2 amide bonds. The van der Waals surface area contributed by atoms with Crippen molar-refractivity contribution in [3.05, 3.63) is 62.1 Å². The van der Waals surface area contributed by atoms with Gasteiger partial charge in [0.1, 0.15) is 0 Å². The van der Waals surface area contributed by atoms with Gasteiger partial charge in [-0.15, -0.1) is 0 Å². The second-order valence-corrected chi connectivity index (χ2v) is 8.01. The van der Waals surface area contributed by atoms with Crippen LogP contribution in [0.2, 0.25) is 20.1 Å². The second-order valence-electron chi connectivity index (χ2n) is 6.38. The van der Waals surface area contributed by atoms with Crippen LogP contribution >= 0.6 is 46.4 Å². The van der Waals surface area contributed by atoms with Gasteiger partial charge in [-0.1, -0.05) is 58.5 Å². The summed E-state index contributed by atoms with van der Waals surface area (Å²) in [6, 6.07) is 10.5. The lowest BCUT2D eigenvalue weighted by Crippen LogP contribution is -2.38. The maximum Gasteiger partial charge on any atom is 0.321 e. The lowest BCUT2D eigenvalue weighted by Gasteiger charge is -2.23. The Morgan fingerprint density at radius 2 is 1.78 bits per heavy atom. The van der Waals surface area contributed by atoms with E-state index in [1.54, 1.807) is 29.2 Å². The van der Waals surface area contributed by atoms with Crippen molar-refractivity contribution >= 4 is 58.1 Å². The van der Waals surface area contributed by atoms with Crippen molar-refractivity contribution in [2.75, 3.05) is 31.5 Å². The van der Waals surface area contributed by atoms with Gasteiger partial charge in [-0.05, 0) is 36.2 Å². The molecule has 1 aliphatic rings. The normalized spacial score (nSPS) is 15.5. The molecule has 0 atom stereocenters. The molecule has 27 heavy (non-hydrogen) atoms. The number of rotatable bonds is 3. The predicted octanol–water partition coefficient (Wildman–Crippen LogP) is 6.04. The summed E-state index contributed by atoms with van der Waals surface area (Å²) in [5.74, 6) is 0. The van der Waals surface area contributed by atoms with Crippen LogP contribution in [0, 0.1) is 0 Å². The molecule has 1 aliphatic heterocycles. The zero-order chi connectivity index (χ0) is 19.4. The van der Waals surface area contributed by atoms with Crippen LogP contribution in [0.4, 0.5) is 10.5 Å². The van der Waals surface area contributed by atoms with E-state index in [2.05, 4.69) is 10.2 Å². The third-order valence-corrected chi connectivity index (χ3v) is 5.88. The number of hydrogen-bond acceptors (Lipinski definition) is 2. The monoisotopic (exact) mass is 445 g/mol. The SMILES string of the molecule is O=C(Nc1cccc(Cl)c1Cl)N1CCCN(Cc2ccc(Cl)cc2Cl)CC1. The first kappa shape index (κ1) is 20.6. The van der Waals surface area contributed by atoms with E-state index in [4.69, 9.17) is 46.4 Å². The molecule has 0 unspecified atom stereocenters. The number of benzene rings is 2. The minimum Gasteiger partial charge on any atom is -0.323 e. The number of halogens is 4. The summed E-state index contributed by atoms with van der Waals surface area (Å²) in [4.78, 5) is 16.7. The van der Waals surface area contributed by atoms with Gasteiger partial charge in [-0.25, -0.2) is 4.79 Å². The Labute approximate surface area is 178 Å². The molecule has 0 spiro atoms. The Hall–Kier alpha value is -1.17. The smallest absolute Gasteiger partial charge is 0.321 e. The number of hydrogen-bond donors (Lipinski definition) is 1. The van der Waals surface area contributed by atoms with Crippen molar-refractivity contribution < 1.29 is 4.79 Å². The molecule has 0 saturated carbocycles. The maximum atomic E-state index is 12.6. The largest absolute Gasteiger partial charge is 0.323 e. The van der Waals surface area contributed by atoms with Gasteiger partial charge in [0.05, 0.1) is 15.7 Å². The highest BCUT2D eigenvalue weighted by molar-refractivity contribution is 6.44. The number of amides is 2. The molecule has 0 aromatic heterocycles. The molecule has 3 rings (SSSR count). The molecule has 8 heteroatoms. The topological polar surface area (TPSA) is 35.6 Å². The molecule has 0 aliphatic carbocycles. The van der Waals surface area contributed by atoms with Gasteiger partial charge >= 0.3 is 6.03 Å². The fourth-order valence-corrected chi connectivity index (χ4v) is 3.83. The highest BCUT2D eigenvalue weighted by atomic mass is 35.5. The number of carbonyl (C=O) groups is 1. The predicted molar refractivity (Wildman–Crippen MR) is 113 cm³/mol. The van der Waals surface area contributed by atoms with Gasteiger partial charge < -0.3 is 10.2 Å². The van der Waals surface area contributed by atoms with Gasteiger partial charge in [0, 0.05) is 42.8 Å². The van der Waals surface area contributed by atoms with E-state index in [1.807, 2.05) is 12.1 Å². The van der Waals surface area contributed by atoms with E-state index in [0.29, 0.717) is 38.9 Å². The van der Waals surface area contributed by atoms with E-state index in [0.717, 1.165) is 31.6 Å². The number of anilines is 1. The molecule has 0 radical (unpaired) electrons.